The SMILES string of the molecule is O=C(Cc1ccc(C(F)(F)F)cc1)c1ccc(F)cc1I. The van der Waals surface area contributed by atoms with Crippen LogP contribution in [0.15, 0.2) is 42.5 Å². The Balaban J connectivity index is 2.16. The topological polar surface area (TPSA) is 17.1 Å². The molecule has 0 atom stereocenters. The average molecular weight is 408 g/mol. The highest BCUT2D eigenvalue weighted by Gasteiger charge is 2.30. The highest BCUT2D eigenvalue weighted by atomic mass is 127. The van der Waals surface area contributed by atoms with Crippen LogP contribution >= 0.6 is 22.6 Å². The largest absolute Gasteiger partial charge is 0.416 e. The van der Waals surface area contributed by atoms with E-state index in [0.717, 1.165) is 12.1 Å². The van der Waals surface area contributed by atoms with Gasteiger partial charge in [-0.2, -0.15) is 13.2 Å². The molecule has 2 rings (SSSR count). The Morgan fingerprint density at radius 1 is 1.05 bits per heavy atom. The van der Waals surface area contributed by atoms with Gasteiger partial charge in [-0.3, -0.25) is 4.79 Å². The van der Waals surface area contributed by atoms with Crippen molar-refractivity contribution in [3.05, 3.63) is 68.5 Å². The van der Waals surface area contributed by atoms with Gasteiger partial charge in [-0.25, -0.2) is 4.39 Å². The number of Topliss-reactive ketones (excluding diaryl/α,β-unsaturated/α-hetero) is 1. The maximum absolute atomic E-state index is 13.0. The zero-order valence-electron chi connectivity index (χ0n) is 10.5. The van der Waals surface area contributed by atoms with Gasteiger partial charge in [-0.05, 0) is 58.5 Å². The van der Waals surface area contributed by atoms with E-state index in [4.69, 9.17) is 0 Å². The summed E-state index contributed by atoms with van der Waals surface area (Å²) in [6.07, 6.45) is -4.42. The van der Waals surface area contributed by atoms with Crippen LogP contribution in [0.5, 0.6) is 0 Å². The fourth-order valence-corrected chi connectivity index (χ4v) is 2.59. The summed E-state index contributed by atoms with van der Waals surface area (Å²) >= 11 is 1.85. The molecule has 0 fully saturated rings. The first-order valence-corrected chi connectivity index (χ1v) is 6.99. The minimum absolute atomic E-state index is 0.0280. The summed E-state index contributed by atoms with van der Waals surface area (Å²) in [5, 5.41) is 0. The maximum atomic E-state index is 13.0. The van der Waals surface area contributed by atoms with Crippen molar-refractivity contribution in [2.24, 2.45) is 0 Å². The molecule has 1 nitrogen and oxygen atoms in total. The van der Waals surface area contributed by atoms with Crippen molar-refractivity contribution >= 4 is 28.4 Å². The van der Waals surface area contributed by atoms with Crippen LogP contribution in [0, 0.1) is 9.39 Å². The standard InChI is InChI=1S/C15H9F4IO/c16-11-5-6-12(13(20)8-11)14(21)7-9-1-3-10(4-2-9)15(17,18)19/h1-6,8H,7H2. The van der Waals surface area contributed by atoms with E-state index in [9.17, 15) is 22.4 Å². The number of carbonyl (C=O) groups excluding carboxylic acids is 1. The number of halogens is 5. The smallest absolute Gasteiger partial charge is 0.294 e. The molecule has 0 amide bonds. The van der Waals surface area contributed by atoms with Gasteiger partial charge in [0.2, 0.25) is 0 Å². The van der Waals surface area contributed by atoms with E-state index in [1.54, 1.807) is 0 Å². The minimum atomic E-state index is -4.39. The number of hydrogen-bond acceptors (Lipinski definition) is 1. The van der Waals surface area contributed by atoms with E-state index in [2.05, 4.69) is 0 Å². The van der Waals surface area contributed by atoms with E-state index < -0.39 is 17.6 Å². The molecule has 0 radical (unpaired) electrons. The number of rotatable bonds is 3. The number of hydrogen-bond donors (Lipinski definition) is 0. The van der Waals surface area contributed by atoms with Gasteiger partial charge in [0, 0.05) is 15.6 Å². The molecule has 0 spiro atoms. The van der Waals surface area contributed by atoms with Crippen LogP contribution < -0.4 is 0 Å². The second-order valence-corrected chi connectivity index (χ2v) is 5.58. The van der Waals surface area contributed by atoms with E-state index >= 15 is 0 Å². The highest BCUT2D eigenvalue weighted by molar-refractivity contribution is 14.1. The van der Waals surface area contributed by atoms with Crippen LogP contribution in [0.2, 0.25) is 0 Å². The summed E-state index contributed by atoms with van der Waals surface area (Å²) in [5.41, 5.74) is 0.0834. The Morgan fingerprint density at radius 3 is 2.19 bits per heavy atom. The summed E-state index contributed by atoms with van der Waals surface area (Å²) < 4.78 is 50.8. The number of alkyl halides is 3. The third kappa shape index (κ3) is 4.03. The molecule has 0 aliphatic rings. The van der Waals surface area contributed by atoms with Crippen LogP contribution in [-0.2, 0) is 12.6 Å². The third-order valence-electron chi connectivity index (χ3n) is 2.88. The minimum Gasteiger partial charge on any atom is -0.294 e. The second-order valence-electron chi connectivity index (χ2n) is 4.42. The Hall–Kier alpha value is -1.44. The van der Waals surface area contributed by atoms with Crippen molar-refractivity contribution in [2.45, 2.75) is 12.6 Å². The summed E-state index contributed by atoms with van der Waals surface area (Å²) in [6.45, 7) is 0. The van der Waals surface area contributed by atoms with Crippen LogP contribution in [0.1, 0.15) is 21.5 Å². The van der Waals surface area contributed by atoms with Crippen molar-refractivity contribution in [3.8, 4) is 0 Å². The third-order valence-corrected chi connectivity index (χ3v) is 3.77. The molecule has 110 valence electrons. The molecule has 0 bridgehead atoms. The molecule has 0 aromatic heterocycles. The molecular formula is C15H9F4IO. The molecule has 0 aliphatic carbocycles. The second kappa shape index (κ2) is 6.13. The lowest BCUT2D eigenvalue weighted by molar-refractivity contribution is -0.137. The monoisotopic (exact) mass is 408 g/mol. The van der Waals surface area contributed by atoms with Gasteiger partial charge in [0.05, 0.1) is 5.56 Å². The molecule has 0 saturated carbocycles. The van der Waals surface area contributed by atoms with Gasteiger partial charge < -0.3 is 0 Å². The normalized spacial score (nSPS) is 11.5. The van der Waals surface area contributed by atoms with E-state index in [-0.39, 0.29) is 12.2 Å². The van der Waals surface area contributed by atoms with E-state index in [1.807, 2.05) is 22.6 Å². The Morgan fingerprint density at radius 2 is 1.67 bits per heavy atom. The maximum Gasteiger partial charge on any atom is 0.416 e. The Kier molecular flexibility index (Phi) is 4.65. The van der Waals surface area contributed by atoms with Crippen LogP contribution in [-0.4, -0.2) is 5.78 Å². The lowest BCUT2D eigenvalue weighted by Gasteiger charge is -2.08. The molecule has 0 heterocycles. The van der Waals surface area contributed by atoms with Crippen LogP contribution in [0.3, 0.4) is 0 Å². The fraction of sp³-hybridized carbons (Fsp3) is 0.133. The number of ketones is 1. The van der Waals surface area contributed by atoms with E-state index in [0.29, 0.717) is 14.7 Å². The molecule has 0 aliphatic heterocycles. The van der Waals surface area contributed by atoms with E-state index in [1.165, 1.54) is 30.3 Å². The average Bonchev–Trinajstić information content (AvgIpc) is 2.38. The molecule has 0 saturated heterocycles. The van der Waals surface area contributed by atoms with Crippen molar-refractivity contribution in [1.82, 2.24) is 0 Å². The van der Waals surface area contributed by atoms with Crippen molar-refractivity contribution < 1.29 is 22.4 Å². The summed E-state index contributed by atoms with van der Waals surface area (Å²) in [4.78, 5) is 12.1. The van der Waals surface area contributed by atoms with Gasteiger partial charge in [0.1, 0.15) is 5.82 Å². The lowest BCUT2D eigenvalue weighted by Crippen LogP contribution is -2.08. The zero-order valence-corrected chi connectivity index (χ0v) is 12.7. The summed E-state index contributed by atoms with van der Waals surface area (Å²) in [5.74, 6) is -0.704. The zero-order chi connectivity index (χ0) is 15.6. The van der Waals surface area contributed by atoms with Gasteiger partial charge in [0.15, 0.2) is 5.78 Å². The summed E-state index contributed by atoms with van der Waals surface area (Å²) in [6, 6.07) is 8.23. The molecular weight excluding hydrogens is 399 g/mol. The summed E-state index contributed by atoms with van der Waals surface area (Å²) in [7, 11) is 0. The molecule has 6 heteroatoms. The number of benzene rings is 2. The first kappa shape index (κ1) is 15.9. The van der Waals surface area contributed by atoms with Gasteiger partial charge in [-0.15, -0.1) is 0 Å². The predicted octanol–water partition coefficient (Wildman–Crippen LogP) is 4.87. The molecule has 2 aromatic rings. The van der Waals surface area contributed by atoms with Crippen molar-refractivity contribution in [3.63, 3.8) is 0 Å². The van der Waals surface area contributed by atoms with Crippen LogP contribution in [0.25, 0.3) is 0 Å². The Labute approximate surface area is 132 Å². The first-order chi connectivity index (χ1) is 9.77. The van der Waals surface area contributed by atoms with Crippen LogP contribution in [0.4, 0.5) is 17.6 Å². The highest BCUT2D eigenvalue weighted by Crippen LogP contribution is 2.29. The predicted molar refractivity (Wildman–Crippen MR) is 78.6 cm³/mol. The molecule has 0 N–H and O–H groups in total. The van der Waals surface area contributed by atoms with Gasteiger partial charge in [0.25, 0.3) is 0 Å². The molecule has 2 aromatic carbocycles. The van der Waals surface area contributed by atoms with Crippen molar-refractivity contribution in [1.29, 1.82) is 0 Å². The van der Waals surface area contributed by atoms with Crippen molar-refractivity contribution in [2.75, 3.05) is 0 Å². The van der Waals surface area contributed by atoms with Gasteiger partial charge >= 0.3 is 6.18 Å². The quantitative estimate of drug-likeness (QED) is 0.402. The molecule has 0 unspecified atom stereocenters. The number of carbonyl (C=O) groups is 1. The van der Waals surface area contributed by atoms with Gasteiger partial charge in [-0.1, -0.05) is 12.1 Å². The molecule has 21 heavy (non-hydrogen) atoms. The fourth-order valence-electron chi connectivity index (χ4n) is 1.81. The Bertz CT molecular complexity index is 662. The lowest BCUT2D eigenvalue weighted by atomic mass is 10.0. The first-order valence-electron chi connectivity index (χ1n) is 5.92.